The highest BCUT2D eigenvalue weighted by Crippen LogP contribution is 2.21. The van der Waals surface area contributed by atoms with E-state index in [2.05, 4.69) is 5.32 Å². The van der Waals surface area contributed by atoms with Gasteiger partial charge in [0.1, 0.15) is 0 Å². The fourth-order valence-corrected chi connectivity index (χ4v) is 2.12. The lowest BCUT2D eigenvalue weighted by Crippen LogP contribution is -2.56. The summed E-state index contributed by atoms with van der Waals surface area (Å²) in [6, 6.07) is -0.593. The molecule has 1 atom stereocenters. The zero-order chi connectivity index (χ0) is 12.4. The predicted molar refractivity (Wildman–Crippen MR) is 61.0 cm³/mol. The topological polar surface area (TPSA) is 66.5 Å². The minimum Gasteiger partial charge on any atom is -0.277 e. The third-order valence-electron chi connectivity index (χ3n) is 3.19. The van der Waals surface area contributed by atoms with E-state index in [-0.39, 0.29) is 24.3 Å². The van der Waals surface area contributed by atoms with E-state index in [0.717, 1.165) is 30.6 Å². The van der Waals surface area contributed by atoms with Gasteiger partial charge in [0.2, 0.25) is 5.91 Å². The molecule has 0 aromatic heterocycles. The second-order valence-electron chi connectivity index (χ2n) is 4.59. The molecule has 0 aromatic carbocycles. The zero-order valence-corrected chi connectivity index (χ0v) is 9.86. The van der Waals surface area contributed by atoms with Crippen molar-refractivity contribution < 1.29 is 14.4 Å². The van der Waals surface area contributed by atoms with Crippen LogP contribution in [0.5, 0.6) is 0 Å². The highest BCUT2D eigenvalue weighted by Gasteiger charge is 2.34. The van der Waals surface area contributed by atoms with Gasteiger partial charge in [-0.25, -0.2) is 4.79 Å². The Labute approximate surface area is 99.8 Å². The van der Waals surface area contributed by atoms with Crippen molar-refractivity contribution in [3.63, 3.8) is 0 Å². The molecule has 0 saturated carbocycles. The number of carbonyl (C=O) groups is 3. The molecule has 1 unspecified atom stereocenters. The molecule has 1 aliphatic heterocycles. The van der Waals surface area contributed by atoms with Gasteiger partial charge in [0, 0.05) is 12.1 Å². The number of rotatable bonds is 1. The van der Waals surface area contributed by atoms with E-state index < -0.39 is 6.03 Å². The summed E-state index contributed by atoms with van der Waals surface area (Å²) in [6.07, 6.45) is 5.61. The first kappa shape index (κ1) is 11.8. The number of carbonyl (C=O) groups excluding carboxylic acids is 3. The molecule has 2 aliphatic rings. The maximum atomic E-state index is 12.1. The highest BCUT2D eigenvalue weighted by atomic mass is 16.2. The van der Waals surface area contributed by atoms with E-state index in [1.54, 1.807) is 6.92 Å². The average Bonchev–Trinajstić information content (AvgIpc) is 2.34. The molecule has 17 heavy (non-hydrogen) atoms. The smallest absolute Gasteiger partial charge is 0.277 e. The summed E-state index contributed by atoms with van der Waals surface area (Å²) in [4.78, 5) is 36.1. The summed E-state index contributed by atoms with van der Waals surface area (Å²) < 4.78 is 0. The van der Waals surface area contributed by atoms with Crippen LogP contribution in [0.15, 0.2) is 11.6 Å². The Morgan fingerprint density at radius 1 is 1.41 bits per heavy atom. The van der Waals surface area contributed by atoms with Crippen molar-refractivity contribution >= 4 is 17.8 Å². The van der Waals surface area contributed by atoms with Crippen LogP contribution in [-0.4, -0.2) is 29.3 Å². The van der Waals surface area contributed by atoms with Gasteiger partial charge in [0.15, 0.2) is 0 Å². The van der Waals surface area contributed by atoms with Gasteiger partial charge >= 0.3 is 6.03 Å². The van der Waals surface area contributed by atoms with Crippen LogP contribution in [0, 0.1) is 5.92 Å². The molecule has 2 rings (SSSR count). The standard InChI is InChI=1S/C12H16N2O3/c1-8-7-14(12(17)13-10(8)15)11(16)9-5-3-2-4-6-9/h5,8H,2-4,6-7H2,1H3,(H,13,15,17). The average molecular weight is 236 g/mol. The number of allylic oxidation sites excluding steroid dienone is 1. The van der Waals surface area contributed by atoms with Gasteiger partial charge in [0.25, 0.3) is 5.91 Å². The van der Waals surface area contributed by atoms with Crippen LogP contribution >= 0.6 is 0 Å². The van der Waals surface area contributed by atoms with E-state index in [9.17, 15) is 14.4 Å². The largest absolute Gasteiger partial charge is 0.331 e. The summed E-state index contributed by atoms with van der Waals surface area (Å²) in [5.41, 5.74) is 0.702. The molecule has 92 valence electrons. The summed E-state index contributed by atoms with van der Waals surface area (Å²) in [5, 5.41) is 2.20. The molecule has 5 nitrogen and oxygen atoms in total. The Morgan fingerprint density at radius 3 is 2.82 bits per heavy atom. The quantitative estimate of drug-likeness (QED) is 0.744. The first-order valence-corrected chi connectivity index (χ1v) is 5.95. The van der Waals surface area contributed by atoms with E-state index >= 15 is 0 Å². The third-order valence-corrected chi connectivity index (χ3v) is 3.19. The molecule has 0 radical (unpaired) electrons. The molecule has 0 aromatic rings. The second kappa shape index (κ2) is 4.69. The molecule has 1 N–H and O–H groups in total. The Balaban J connectivity index is 2.11. The van der Waals surface area contributed by atoms with E-state index in [0.29, 0.717) is 5.57 Å². The third kappa shape index (κ3) is 2.38. The van der Waals surface area contributed by atoms with Crippen molar-refractivity contribution in [1.82, 2.24) is 10.2 Å². The van der Waals surface area contributed by atoms with Gasteiger partial charge < -0.3 is 0 Å². The van der Waals surface area contributed by atoms with Gasteiger partial charge in [-0.2, -0.15) is 0 Å². The fraction of sp³-hybridized carbons (Fsp3) is 0.583. The molecular formula is C12H16N2O3. The second-order valence-corrected chi connectivity index (χ2v) is 4.59. The van der Waals surface area contributed by atoms with Crippen molar-refractivity contribution in [3.05, 3.63) is 11.6 Å². The Kier molecular flexibility index (Phi) is 3.26. The van der Waals surface area contributed by atoms with E-state index in [1.807, 2.05) is 6.08 Å². The van der Waals surface area contributed by atoms with Crippen molar-refractivity contribution in [2.45, 2.75) is 32.6 Å². The van der Waals surface area contributed by atoms with E-state index in [4.69, 9.17) is 0 Å². The number of nitrogens with zero attached hydrogens (tertiary/aromatic N) is 1. The molecule has 1 aliphatic carbocycles. The maximum Gasteiger partial charge on any atom is 0.331 e. The molecule has 4 amide bonds. The van der Waals surface area contributed by atoms with Gasteiger partial charge in [-0.3, -0.25) is 19.8 Å². The number of hydrogen-bond acceptors (Lipinski definition) is 3. The van der Waals surface area contributed by atoms with Gasteiger partial charge in [-0.15, -0.1) is 0 Å². The van der Waals surface area contributed by atoms with Crippen LogP contribution in [-0.2, 0) is 9.59 Å². The lowest BCUT2D eigenvalue weighted by molar-refractivity contribution is -0.130. The van der Waals surface area contributed by atoms with Crippen LogP contribution < -0.4 is 5.32 Å². The minimum atomic E-state index is -0.593. The molecule has 5 heteroatoms. The highest BCUT2D eigenvalue weighted by molar-refractivity contribution is 6.09. The van der Waals surface area contributed by atoms with Crippen molar-refractivity contribution in [3.8, 4) is 0 Å². The van der Waals surface area contributed by atoms with Gasteiger partial charge in [0.05, 0.1) is 5.92 Å². The molecule has 0 bridgehead atoms. The van der Waals surface area contributed by atoms with Gasteiger partial charge in [-0.05, 0) is 25.7 Å². The fourth-order valence-electron chi connectivity index (χ4n) is 2.12. The Hall–Kier alpha value is -1.65. The SMILES string of the molecule is CC1CN(C(=O)C2=CCCCC2)C(=O)NC1=O. The molecular weight excluding hydrogens is 220 g/mol. The lowest BCUT2D eigenvalue weighted by atomic mass is 9.98. The van der Waals surface area contributed by atoms with Crippen LogP contribution in [0.4, 0.5) is 4.79 Å². The van der Waals surface area contributed by atoms with Crippen molar-refractivity contribution in [1.29, 1.82) is 0 Å². The number of urea groups is 1. The van der Waals surface area contributed by atoms with E-state index in [1.165, 1.54) is 0 Å². The number of hydrogen-bond donors (Lipinski definition) is 1. The normalized spacial score (nSPS) is 25.4. The van der Waals surface area contributed by atoms with Crippen LogP contribution in [0.25, 0.3) is 0 Å². The van der Waals surface area contributed by atoms with Crippen molar-refractivity contribution in [2.24, 2.45) is 5.92 Å². The summed E-state index contributed by atoms with van der Waals surface area (Å²) in [5.74, 6) is -0.890. The Morgan fingerprint density at radius 2 is 2.18 bits per heavy atom. The summed E-state index contributed by atoms with van der Waals surface area (Å²) in [6.45, 7) is 1.89. The number of nitrogens with one attached hydrogen (secondary N) is 1. The monoisotopic (exact) mass is 236 g/mol. The predicted octanol–water partition coefficient (Wildman–Crippen LogP) is 1.20. The molecule has 1 saturated heterocycles. The van der Waals surface area contributed by atoms with Crippen molar-refractivity contribution in [2.75, 3.05) is 6.54 Å². The number of amides is 4. The van der Waals surface area contributed by atoms with Crippen LogP contribution in [0.2, 0.25) is 0 Å². The minimum absolute atomic E-state index is 0.181. The summed E-state index contributed by atoms with van der Waals surface area (Å²) >= 11 is 0. The molecule has 1 heterocycles. The molecule has 1 fully saturated rings. The van der Waals surface area contributed by atoms with Crippen LogP contribution in [0.3, 0.4) is 0 Å². The van der Waals surface area contributed by atoms with Gasteiger partial charge in [-0.1, -0.05) is 13.0 Å². The zero-order valence-electron chi connectivity index (χ0n) is 9.86. The molecule has 0 spiro atoms. The lowest BCUT2D eigenvalue weighted by Gasteiger charge is -2.29. The number of imide groups is 2. The maximum absolute atomic E-state index is 12.1. The summed E-state index contributed by atoms with van der Waals surface area (Å²) in [7, 11) is 0. The first-order chi connectivity index (χ1) is 8.09. The Bertz CT molecular complexity index is 401. The van der Waals surface area contributed by atoms with Crippen LogP contribution in [0.1, 0.15) is 32.6 Å². The first-order valence-electron chi connectivity index (χ1n) is 5.95.